The van der Waals surface area contributed by atoms with Crippen molar-refractivity contribution in [3.05, 3.63) is 130 Å². The minimum absolute atomic E-state index is 0.00846. The highest BCUT2D eigenvalue weighted by atomic mass is 16.2. The van der Waals surface area contributed by atoms with E-state index < -0.39 is 0 Å². The number of hydrogen-bond acceptors (Lipinski definition) is 4. The van der Waals surface area contributed by atoms with Crippen LogP contribution in [0.25, 0.3) is 0 Å². The molecular formula is C34H28N4O2. The molecule has 196 valence electrons. The summed E-state index contributed by atoms with van der Waals surface area (Å²) in [6.07, 6.45) is 1.55. The minimum Gasteiger partial charge on any atom is -0.335 e. The van der Waals surface area contributed by atoms with Crippen LogP contribution in [0.15, 0.2) is 107 Å². The largest absolute Gasteiger partial charge is 0.335 e. The van der Waals surface area contributed by atoms with Gasteiger partial charge in [0.25, 0.3) is 11.8 Å². The summed E-state index contributed by atoms with van der Waals surface area (Å²) in [6.45, 7) is 2.01. The van der Waals surface area contributed by atoms with Gasteiger partial charge in [-0.1, -0.05) is 60.7 Å². The Morgan fingerprint density at radius 1 is 0.525 bits per heavy atom. The van der Waals surface area contributed by atoms with Gasteiger partial charge in [0.15, 0.2) is 0 Å². The summed E-state index contributed by atoms with van der Waals surface area (Å²) in [5.41, 5.74) is 9.66. The Kier molecular flexibility index (Phi) is 6.08. The van der Waals surface area contributed by atoms with E-state index in [0.29, 0.717) is 37.3 Å². The molecule has 4 aromatic carbocycles. The van der Waals surface area contributed by atoms with Gasteiger partial charge < -0.3 is 9.80 Å². The number of aliphatic imine (C=N–C) groups is 2. The van der Waals surface area contributed by atoms with Gasteiger partial charge in [0.05, 0.1) is 22.8 Å². The maximum atomic E-state index is 13.4. The number of carbonyl (C=O) groups is 2. The molecular weight excluding hydrogens is 496 g/mol. The van der Waals surface area contributed by atoms with Crippen molar-refractivity contribution in [2.24, 2.45) is 9.98 Å². The molecule has 3 aliphatic heterocycles. The van der Waals surface area contributed by atoms with Crippen LogP contribution in [0, 0.1) is 0 Å². The predicted octanol–water partition coefficient (Wildman–Crippen LogP) is 5.64. The molecule has 4 aromatic rings. The monoisotopic (exact) mass is 524 g/mol. The summed E-state index contributed by atoms with van der Waals surface area (Å²) in [5.74, 6) is -0.0169. The molecule has 6 nitrogen and oxygen atoms in total. The zero-order valence-corrected chi connectivity index (χ0v) is 22.1. The normalized spacial score (nSPS) is 15.8. The number of amides is 2. The first-order valence-electron chi connectivity index (χ1n) is 13.7. The molecule has 0 saturated carbocycles. The van der Waals surface area contributed by atoms with Crippen LogP contribution in [0.1, 0.15) is 43.0 Å². The van der Waals surface area contributed by atoms with Gasteiger partial charge in [-0.15, -0.1) is 0 Å². The quantitative estimate of drug-likeness (QED) is 0.347. The fourth-order valence-electron chi connectivity index (χ4n) is 5.74. The Balaban J connectivity index is 1.00. The van der Waals surface area contributed by atoms with Gasteiger partial charge in [-0.05, 0) is 58.7 Å². The fourth-order valence-corrected chi connectivity index (χ4v) is 5.74. The molecule has 7 rings (SSSR count). The Bertz CT molecular complexity index is 1590. The van der Waals surface area contributed by atoms with Crippen molar-refractivity contribution in [3.8, 4) is 0 Å². The van der Waals surface area contributed by atoms with Crippen molar-refractivity contribution in [2.45, 2.75) is 12.8 Å². The number of rotatable bonds is 4. The first-order chi connectivity index (χ1) is 19.6. The molecule has 40 heavy (non-hydrogen) atoms. The maximum absolute atomic E-state index is 13.4. The number of nitrogens with zero attached hydrogens (tertiary/aromatic N) is 4. The smallest absolute Gasteiger partial charge is 0.253 e. The second kappa shape index (κ2) is 10.0. The first-order valence-corrected chi connectivity index (χ1v) is 13.7. The predicted molar refractivity (Wildman–Crippen MR) is 157 cm³/mol. The van der Waals surface area contributed by atoms with Gasteiger partial charge in [0, 0.05) is 50.1 Å². The van der Waals surface area contributed by atoms with E-state index >= 15 is 0 Å². The van der Waals surface area contributed by atoms with Crippen molar-refractivity contribution in [2.75, 3.05) is 26.2 Å². The molecule has 0 N–H and O–H groups in total. The van der Waals surface area contributed by atoms with E-state index in [1.165, 1.54) is 11.1 Å². The fraction of sp³-hybridized carbons (Fsp3) is 0.176. The highest BCUT2D eigenvalue weighted by molar-refractivity contribution is 6.09. The molecule has 0 aliphatic carbocycles. The van der Waals surface area contributed by atoms with Crippen LogP contribution in [0.3, 0.4) is 0 Å². The summed E-state index contributed by atoms with van der Waals surface area (Å²) in [6, 6.07) is 31.8. The van der Waals surface area contributed by atoms with Gasteiger partial charge in [-0.25, -0.2) is 0 Å². The van der Waals surface area contributed by atoms with E-state index in [2.05, 4.69) is 12.1 Å². The van der Waals surface area contributed by atoms with E-state index in [1.807, 2.05) is 94.7 Å². The number of hydrogen-bond donors (Lipinski definition) is 0. The van der Waals surface area contributed by atoms with Crippen LogP contribution >= 0.6 is 0 Å². The lowest BCUT2D eigenvalue weighted by molar-refractivity contribution is 0.0535. The standard InChI is InChI=1S/C34H28N4O2/c39-33(27-11-5-9-23(19-27)31-21-25-7-1-3-13-29(25)35-31)37-15-17-38(18-16-37)34(40)28-12-6-10-24(20-28)32-22-26-8-2-4-14-30(26)36-32/h1-14,19-20H,15-18,21-22H2. The average Bonchev–Trinajstić information content (AvgIpc) is 3.65. The molecule has 0 bridgehead atoms. The molecule has 0 unspecified atom stereocenters. The summed E-state index contributed by atoms with van der Waals surface area (Å²) in [7, 11) is 0. The first kappa shape index (κ1) is 24.2. The SMILES string of the molecule is O=C(c1cccc(C2=Nc3ccccc3C2)c1)N1CCN(C(=O)c2cccc(C3=Nc4ccccc4C3)c2)CC1. The molecule has 0 spiro atoms. The minimum atomic E-state index is -0.00846. The van der Waals surface area contributed by atoms with Crippen molar-refractivity contribution in [1.29, 1.82) is 0 Å². The Morgan fingerprint density at radius 3 is 1.38 bits per heavy atom. The number of carbonyl (C=O) groups excluding carboxylic acids is 2. The summed E-state index contributed by atoms with van der Waals surface area (Å²) in [5, 5.41) is 0. The van der Waals surface area contributed by atoms with Crippen LogP contribution < -0.4 is 0 Å². The highest BCUT2D eigenvalue weighted by Crippen LogP contribution is 2.30. The number of piperazine rings is 1. The summed E-state index contributed by atoms with van der Waals surface area (Å²) < 4.78 is 0. The number of benzene rings is 4. The lowest BCUT2D eigenvalue weighted by atomic mass is 10.0. The van der Waals surface area contributed by atoms with Crippen LogP contribution in [-0.4, -0.2) is 59.2 Å². The van der Waals surface area contributed by atoms with E-state index in [-0.39, 0.29) is 11.8 Å². The molecule has 3 aliphatic rings. The average molecular weight is 525 g/mol. The molecule has 1 fully saturated rings. The van der Waals surface area contributed by atoms with Gasteiger partial charge in [-0.3, -0.25) is 19.6 Å². The van der Waals surface area contributed by atoms with E-state index in [0.717, 1.165) is 46.8 Å². The molecule has 6 heteroatoms. The summed E-state index contributed by atoms with van der Waals surface area (Å²) >= 11 is 0. The van der Waals surface area contributed by atoms with Gasteiger partial charge in [0.1, 0.15) is 0 Å². The van der Waals surface area contributed by atoms with Crippen LogP contribution in [0.4, 0.5) is 11.4 Å². The van der Waals surface area contributed by atoms with Crippen molar-refractivity contribution < 1.29 is 9.59 Å². The summed E-state index contributed by atoms with van der Waals surface area (Å²) in [4.78, 5) is 40.0. The third kappa shape index (κ3) is 4.51. The van der Waals surface area contributed by atoms with Crippen LogP contribution in [-0.2, 0) is 12.8 Å². The van der Waals surface area contributed by atoms with E-state index in [9.17, 15) is 9.59 Å². The van der Waals surface area contributed by atoms with Crippen LogP contribution in [0.2, 0.25) is 0 Å². The Labute approximate surface area is 233 Å². The molecule has 2 amide bonds. The van der Waals surface area contributed by atoms with Gasteiger partial charge >= 0.3 is 0 Å². The van der Waals surface area contributed by atoms with Crippen molar-refractivity contribution >= 4 is 34.6 Å². The zero-order chi connectivity index (χ0) is 27.1. The van der Waals surface area contributed by atoms with Crippen molar-refractivity contribution in [3.63, 3.8) is 0 Å². The number of fused-ring (bicyclic) bond motifs is 2. The Morgan fingerprint density at radius 2 is 0.950 bits per heavy atom. The zero-order valence-electron chi connectivity index (χ0n) is 22.1. The molecule has 0 aromatic heterocycles. The maximum Gasteiger partial charge on any atom is 0.253 e. The topological polar surface area (TPSA) is 65.3 Å². The lowest BCUT2D eigenvalue weighted by Gasteiger charge is -2.35. The van der Waals surface area contributed by atoms with E-state index in [1.54, 1.807) is 0 Å². The molecule has 0 atom stereocenters. The van der Waals surface area contributed by atoms with Gasteiger partial charge in [0.2, 0.25) is 0 Å². The second-order valence-electron chi connectivity index (χ2n) is 10.5. The third-order valence-electron chi connectivity index (χ3n) is 7.95. The van der Waals surface area contributed by atoms with Crippen molar-refractivity contribution in [1.82, 2.24) is 9.80 Å². The Hall–Kier alpha value is -4.84. The third-order valence-corrected chi connectivity index (χ3v) is 7.95. The molecule has 1 saturated heterocycles. The second-order valence-corrected chi connectivity index (χ2v) is 10.5. The molecule has 3 heterocycles. The van der Waals surface area contributed by atoms with E-state index in [4.69, 9.17) is 9.98 Å². The lowest BCUT2D eigenvalue weighted by Crippen LogP contribution is -2.50. The van der Waals surface area contributed by atoms with Gasteiger partial charge in [-0.2, -0.15) is 0 Å². The van der Waals surface area contributed by atoms with Crippen LogP contribution in [0.5, 0.6) is 0 Å². The highest BCUT2D eigenvalue weighted by Gasteiger charge is 2.27. The molecule has 0 radical (unpaired) electrons. The number of para-hydroxylation sites is 2.